The van der Waals surface area contributed by atoms with E-state index in [4.69, 9.17) is 4.43 Å². The summed E-state index contributed by atoms with van der Waals surface area (Å²) in [5.74, 6) is -0.0249. The predicted molar refractivity (Wildman–Crippen MR) is 89.0 cm³/mol. The highest BCUT2D eigenvalue weighted by atomic mass is 28.2. The van der Waals surface area contributed by atoms with Gasteiger partial charge in [0.15, 0.2) is 9.76 Å². The standard InChI is InChI=1S/C16H28N2O2Si/c1-12(19)18-14(11-13-7-9-17-10-8-13)16(5,6)20-21-15(2,3)4/h7-10,14H,11,21H2,1-6H3,(H,18,19). The summed E-state index contributed by atoms with van der Waals surface area (Å²) in [4.78, 5) is 15.6. The number of nitrogens with one attached hydrogen (secondary N) is 1. The van der Waals surface area contributed by atoms with Crippen LogP contribution in [0.15, 0.2) is 24.5 Å². The Morgan fingerprint density at radius 1 is 1.29 bits per heavy atom. The zero-order valence-corrected chi connectivity index (χ0v) is 15.5. The highest BCUT2D eigenvalue weighted by Crippen LogP contribution is 2.26. The molecule has 118 valence electrons. The van der Waals surface area contributed by atoms with Crippen LogP contribution in [-0.2, 0) is 15.6 Å². The second-order valence-corrected chi connectivity index (χ2v) is 9.96. The van der Waals surface area contributed by atoms with Gasteiger partial charge in [-0.05, 0) is 43.0 Å². The molecule has 21 heavy (non-hydrogen) atoms. The maximum Gasteiger partial charge on any atom is 0.217 e. The summed E-state index contributed by atoms with van der Waals surface area (Å²) >= 11 is 0. The molecule has 0 fully saturated rings. The van der Waals surface area contributed by atoms with Crippen LogP contribution >= 0.6 is 0 Å². The Kier molecular flexibility index (Phi) is 6.10. The lowest BCUT2D eigenvalue weighted by molar-refractivity contribution is -0.121. The molecule has 1 amide bonds. The minimum atomic E-state index is -0.684. The molecule has 1 unspecified atom stereocenters. The number of pyridine rings is 1. The van der Waals surface area contributed by atoms with Crippen molar-refractivity contribution in [3.05, 3.63) is 30.1 Å². The number of amides is 1. The number of carbonyl (C=O) groups is 1. The van der Waals surface area contributed by atoms with E-state index >= 15 is 0 Å². The van der Waals surface area contributed by atoms with E-state index in [9.17, 15) is 4.79 Å². The van der Waals surface area contributed by atoms with Gasteiger partial charge in [0.1, 0.15) is 0 Å². The second kappa shape index (κ2) is 7.18. The fourth-order valence-corrected chi connectivity index (χ4v) is 2.98. The average Bonchev–Trinajstić information content (AvgIpc) is 2.36. The number of nitrogens with zero attached hydrogens (tertiary/aromatic N) is 1. The van der Waals surface area contributed by atoms with Crippen molar-refractivity contribution in [2.75, 3.05) is 0 Å². The molecule has 1 rings (SSSR count). The van der Waals surface area contributed by atoms with Gasteiger partial charge in [-0.1, -0.05) is 20.8 Å². The normalized spacial score (nSPS) is 14.4. The maximum atomic E-state index is 11.5. The van der Waals surface area contributed by atoms with Crippen LogP contribution in [0.5, 0.6) is 0 Å². The van der Waals surface area contributed by atoms with Gasteiger partial charge >= 0.3 is 0 Å². The van der Waals surface area contributed by atoms with Crippen molar-refractivity contribution in [1.29, 1.82) is 0 Å². The molecular weight excluding hydrogens is 280 g/mol. The van der Waals surface area contributed by atoms with Gasteiger partial charge in [-0.15, -0.1) is 0 Å². The first-order valence-electron chi connectivity index (χ1n) is 7.40. The maximum absolute atomic E-state index is 11.5. The van der Waals surface area contributed by atoms with Crippen molar-refractivity contribution in [2.24, 2.45) is 0 Å². The Labute approximate surface area is 130 Å². The average molecular weight is 308 g/mol. The summed E-state index contributed by atoms with van der Waals surface area (Å²) in [6, 6.07) is 3.91. The molecule has 1 aromatic heterocycles. The van der Waals surface area contributed by atoms with Gasteiger partial charge in [0.25, 0.3) is 0 Å². The quantitative estimate of drug-likeness (QED) is 0.820. The second-order valence-electron chi connectivity index (χ2n) is 7.27. The molecule has 4 nitrogen and oxygen atoms in total. The van der Waals surface area contributed by atoms with E-state index in [1.165, 1.54) is 0 Å². The molecule has 0 saturated carbocycles. The zero-order valence-electron chi connectivity index (χ0n) is 14.1. The topological polar surface area (TPSA) is 51.2 Å². The van der Waals surface area contributed by atoms with Crippen molar-refractivity contribution in [3.8, 4) is 0 Å². The first-order chi connectivity index (χ1) is 9.60. The lowest BCUT2D eigenvalue weighted by Gasteiger charge is -2.37. The SMILES string of the molecule is CC(=O)NC(Cc1ccncc1)C(C)(C)O[SiH2]C(C)(C)C. The highest BCUT2D eigenvalue weighted by molar-refractivity contribution is 6.31. The van der Waals surface area contributed by atoms with Crippen LogP contribution in [-0.4, -0.2) is 32.3 Å². The summed E-state index contributed by atoms with van der Waals surface area (Å²) in [5, 5.41) is 3.27. The van der Waals surface area contributed by atoms with E-state index in [1.807, 2.05) is 12.1 Å². The molecule has 5 heteroatoms. The first kappa shape index (κ1) is 17.8. The van der Waals surface area contributed by atoms with Crippen LogP contribution < -0.4 is 5.32 Å². The van der Waals surface area contributed by atoms with Crippen molar-refractivity contribution >= 4 is 15.7 Å². The molecule has 0 aliphatic carbocycles. The summed E-state index contributed by atoms with van der Waals surface area (Å²) in [6.07, 6.45) is 4.30. The lowest BCUT2D eigenvalue weighted by Crippen LogP contribution is -2.52. The van der Waals surface area contributed by atoms with Crippen LogP contribution in [0.4, 0.5) is 0 Å². The molecule has 1 heterocycles. The van der Waals surface area contributed by atoms with Crippen LogP contribution in [0.25, 0.3) is 0 Å². The van der Waals surface area contributed by atoms with E-state index in [1.54, 1.807) is 19.3 Å². The molecule has 1 aromatic rings. The van der Waals surface area contributed by atoms with Crippen LogP contribution in [0, 0.1) is 0 Å². The molecule has 0 saturated heterocycles. The van der Waals surface area contributed by atoms with Gasteiger partial charge in [0.2, 0.25) is 5.91 Å². The molecule has 1 atom stereocenters. The molecule has 0 aliphatic heterocycles. The third kappa shape index (κ3) is 6.86. The number of rotatable bonds is 6. The Bertz CT molecular complexity index is 455. The third-order valence-corrected chi connectivity index (χ3v) is 5.04. The third-order valence-electron chi connectivity index (χ3n) is 3.28. The largest absolute Gasteiger partial charge is 0.416 e. The minimum Gasteiger partial charge on any atom is -0.416 e. The van der Waals surface area contributed by atoms with Gasteiger partial charge in [-0.2, -0.15) is 0 Å². The minimum absolute atomic E-state index is 0.0249. The molecular formula is C16H28N2O2Si. The number of hydrogen-bond donors (Lipinski definition) is 1. The van der Waals surface area contributed by atoms with E-state index in [-0.39, 0.29) is 22.6 Å². The molecule has 0 radical (unpaired) electrons. The van der Waals surface area contributed by atoms with Crippen molar-refractivity contribution in [2.45, 2.75) is 64.6 Å². The summed E-state index contributed by atoms with van der Waals surface area (Å²) < 4.78 is 6.24. The van der Waals surface area contributed by atoms with Crippen LogP contribution in [0.3, 0.4) is 0 Å². The Morgan fingerprint density at radius 3 is 2.33 bits per heavy atom. The number of hydrogen-bond acceptors (Lipinski definition) is 3. The smallest absolute Gasteiger partial charge is 0.217 e. The summed E-state index contributed by atoms with van der Waals surface area (Å²) in [6.45, 7) is 12.3. The molecule has 0 spiro atoms. The predicted octanol–water partition coefficient (Wildman–Crippen LogP) is 2.23. The zero-order chi connectivity index (χ0) is 16.1. The fraction of sp³-hybridized carbons (Fsp3) is 0.625. The van der Waals surface area contributed by atoms with Gasteiger partial charge < -0.3 is 9.74 Å². The van der Waals surface area contributed by atoms with E-state index in [2.05, 4.69) is 44.9 Å². The van der Waals surface area contributed by atoms with Gasteiger partial charge in [-0.3, -0.25) is 9.78 Å². The Morgan fingerprint density at radius 2 is 1.86 bits per heavy atom. The highest BCUT2D eigenvalue weighted by Gasteiger charge is 2.32. The van der Waals surface area contributed by atoms with Gasteiger partial charge in [0, 0.05) is 19.3 Å². The molecule has 0 aromatic carbocycles. The molecule has 1 N–H and O–H groups in total. The summed E-state index contributed by atoms with van der Waals surface area (Å²) in [5.41, 5.74) is 0.770. The van der Waals surface area contributed by atoms with Crippen molar-refractivity contribution in [3.63, 3.8) is 0 Å². The number of carbonyl (C=O) groups excluding carboxylic acids is 1. The molecule has 0 bridgehead atoms. The van der Waals surface area contributed by atoms with Gasteiger partial charge in [0.05, 0.1) is 11.6 Å². The lowest BCUT2D eigenvalue weighted by atomic mass is 9.93. The fourth-order valence-electron chi connectivity index (χ4n) is 1.97. The molecule has 0 aliphatic rings. The van der Waals surface area contributed by atoms with Crippen LogP contribution in [0.2, 0.25) is 5.04 Å². The van der Waals surface area contributed by atoms with E-state index < -0.39 is 9.76 Å². The van der Waals surface area contributed by atoms with Crippen molar-refractivity contribution < 1.29 is 9.22 Å². The van der Waals surface area contributed by atoms with E-state index in [0.29, 0.717) is 0 Å². The Balaban J connectivity index is 2.82. The van der Waals surface area contributed by atoms with Crippen LogP contribution in [0.1, 0.15) is 47.1 Å². The monoisotopic (exact) mass is 308 g/mol. The van der Waals surface area contributed by atoms with Gasteiger partial charge in [-0.25, -0.2) is 0 Å². The Hall–Kier alpha value is -1.20. The van der Waals surface area contributed by atoms with E-state index in [0.717, 1.165) is 12.0 Å². The first-order valence-corrected chi connectivity index (χ1v) is 8.68. The van der Waals surface area contributed by atoms with Crippen molar-refractivity contribution in [1.82, 2.24) is 10.3 Å². The summed E-state index contributed by atoms with van der Waals surface area (Å²) in [7, 11) is -0.684. The number of aromatic nitrogens is 1.